The zero-order valence-corrected chi connectivity index (χ0v) is 11.8. The van der Waals surface area contributed by atoms with Gasteiger partial charge in [-0.3, -0.25) is 0 Å². The van der Waals surface area contributed by atoms with Crippen LogP contribution < -0.4 is 5.73 Å². The number of nitrogens with two attached hydrogens (primary N) is 1. The molecule has 0 aliphatic heterocycles. The van der Waals surface area contributed by atoms with Gasteiger partial charge in [0, 0.05) is 13.5 Å². The van der Waals surface area contributed by atoms with Gasteiger partial charge >= 0.3 is 0 Å². The molecule has 0 amide bonds. The Labute approximate surface area is 114 Å². The molecule has 1 heterocycles. The van der Waals surface area contributed by atoms with Crippen LogP contribution in [0.5, 0.6) is 0 Å². The van der Waals surface area contributed by atoms with Gasteiger partial charge in [0.2, 0.25) is 0 Å². The monoisotopic (exact) mass is 260 g/mol. The summed E-state index contributed by atoms with van der Waals surface area (Å²) in [7, 11) is 2.06. The highest BCUT2D eigenvalue weighted by Crippen LogP contribution is 2.57. The lowest BCUT2D eigenvalue weighted by Gasteiger charge is -2.54. The van der Waals surface area contributed by atoms with Crippen LogP contribution in [0.1, 0.15) is 43.8 Å². The first kappa shape index (κ1) is 11.9. The van der Waals surface area contributed by atoms with Crippen molar-refractivity contribution in [1.82, 2.24) is 14.8 Å². The topological polar surface area (TPSA) is 56.7 Å². The molecule has 4 saturated carbocycles. The van der Waals surface area contributed by atoms with Crippen LogP contribution in [0.2, 0.25) is 0 Å². The van der Waals surface area contributed by atoms with E-state index >= 15 is 0 Å². The Morgan fingerprint density at radius 1 is 1.00 bits per heavy atom. The van der Waals surface area contributed by atoms with Crippen molar-refractivity contribution in [3.05, 3.63) is 11.6 Å². The number of aromatic nitrogens is 3. The second-order valence-corrected chi connectivity index (χ2v) is 7.09. The molecule has 4 bridgehead atoms. The van der Waals surface area contributed by atoms with Crippen LogP contribution in [0.4, 0.5) is 0 Å². The van der Waals surface area contributed by atoms with Crippen LogP contribution in [-0.2, 0) is 20.0 Å². The van der Waals surface area contributed by atoms with E-state index in [0.717, 1.165) is 47.7 Å². The number of hydrogen-bond donors (Lipinski definition) is 1. The third kappa shape index (κ3) is 1.83. The van der Waals surface area contributed by atoms with Gasteiger partial charge in [-0.25, -0.2) is 0 Å². The van der Waals surface area contributed by atoms with Gasteiger partial charge in [0.25, 0.3) is 0 Å². The van der Waals surface area contributed by atoms with E-state index in [1.807, 2.05) is 0 Å². The summed E-state index contributed by atoms with van der Waals surface area (Å²) < 4.78 is 2.12. The van der Waals surface area contributed by atoms with Crippen molar-refractivity contribution in [2.45, 2.75) is 45.1 Å². The van der Waals surface area contributed by atoms with Crippen molar-refractivity contribution in [3.63, 3.8) is 0 Å². The fourth-order valence-corrected chi connectivity index (χ4v) is 5.34. The lowest BCUT2D eigenvalue weighted by atomic mass is 9.51. The molecule has 0 spiro atoms. The van der Waals surface area contributed by atoms with E-state index in [2.05, 4.69) is 21.8 Å². The summed E-state index contributed by atoms with van der Waals surface area (Å²) in [6.45, 7) is 0.491. The second kappa shape index (κ2) is 4.30. The molecule has 4 heteroatoms. The van der Waals surface area contributed by atoms with Crippen molar-refractivity contribution in [2.24, 2.45) is 42.4 Å². The minimum absolute atomic E-state index is 0.491. The van der Waals surface area contributed by atoms with E-state index in [-0.39, 0.29) is 0 Å². The Balaban J connectivity index is 1.55. The number of hydrogen-bond acceptors (Lipinski definition) is 3. The van der Waals surface area contributed by atoms with Crippen molar-refractivity contribution in [3.8, 4) is 0 Å². The lowest BCUT2D eigenvalue weighted by molar-refractivity contribution is -0.0369. The molecule has 0 saturated heterocycles. The largest absolute Gasteiger partial charge is 0.324 e. The minimum Gasteiger partial charge on any atom is -0.324 e. The molecule has 0 aromatic carbocycles. The predicted octanol–water partition coefficient (Wildman–Crippen LogP) is 1.89. The van der Waals surface area contributed by atoms with E-state index in [4.69, 9.17) is 5.73 Å². The summed E-state index contributed by atoms with van der Waals surface area (Å²) >= 11 is 0. The molecule has 4 aliphatic rings. The van der Waals surface area contributed by atoms with Crippen LogP contribution in [0.15, 0.2) is 0 Å². The fourth-order valence-electron chi connectivity index (χ4n) is 5.34. The predicted molar refractivity (Wildman–Crippen MR) is 73.1 cm³/mol. The molecule has 5 rings (SSSR count). The van der Waals surface area contributed by atoms with Gasteiger partial charge in [0.05, 0.1) is 6.54 Å². The first-order valence-corrected chi connectivity index (χ1v) is 7.81. The van der Waals surface area contributed by atoms with Crippen molar-refractivity contribution < 1.29 is 0 Å². The van der Waals surface area contributed by atoms with E-state index < -0.39 is 0 Å². The molecular formula is C15H24N4. The molecule has 0 unspecified atom stereocenters. The summed E-state index contributed by atoms with van der Waals surface area (Å²) in [6, 6.07) is 0. The maximum Gasteiger partial charge on any atom is 0.146 e. The maximum atomic E-state index is 5.69. The first-order valence-electron chi connectivity index (χ1n) is 7.81. The second-order valence-electron chi connectivity index (χ2n) is 7.09. The van der Waals surface area contributed by atoms with Gasteiger partial charge < -0.3 is 10.3 Å². The Bertz CT molecular complexity index is 450. The normalized spacial score (nSPS) is 40.0. The van der Waals surface area contributed by atoms with Crippen LogP contribution >= 0.6 is 0 Å². The van der Waals surface area contributed by atoms with Crippen LogP contribution in [0.3, 0.4) is 0 Å². The summed E-state index contributed by atoms with van der Waals surface area (Å²) in [5.41, 5.74) is 5.69. The maximum absolute atomic E-state index is 5.69. The Kier molecular flexibility index (Phi) is 2.69. The van der Waals surface area contributed by atoms with Gasteiger partial charge in [0.1, 0.15) is 11.6 Å². The molecule has 4 aliphatic carbocycles. The fraction of sp³-hybridized carbons (Fsp3) is 0.867. The van der Waals surface area contributed by atoms with Gasteiger partial charge in [-0.1, -0.05) is 0 Å². The lowest BCUT2D eigenvalue weighted by Crippen LogP contribution is -2.46. The quantitative estimate of drug-likeness (QED) is 0.903. The Hall–Kier alpha value is -0.900. The third-order valence-electron chi connectivity index (χ3n) is 6.08. The van der Waals surface area contributed by atoms with Crippen molar-refractivity contribution in [1.29, 1.82) is 0 Å². The zero-order chi connectivity index (χ0) is 13.0. The van der Waals surface area contributed by atoms with Gasteiger partial charge in [-0.15, -0.1) is 10.2 Å². The van der Waals surface area contributed by atoms with E-state index in [1.165, 1.54) is 32.1 Å². The minimum atomic E-state index is 0.491. The Morgan fingerprint density at radius 2 is 1.58 bits per heavy atom. The molecule has 4 nitrogen and oxygen atoms in total. The third-order valence-corrected chi connectivity index (χ3v) is 6.08. The van der Waals surface area contributed by atoms with Crippen molar-refractivity contribution in [2.75, 3.05) is 0 Å². The average Bonchev–Trinajstić information content (AvgIpc) is 2.74. The van der Waals surface area contributed by atoms with E-state index in [0.29, 0.717) is 6.54 Å². The first-order chi connectivity index (χ1) is 9.24. The SMILES string of the molecule is Cn1c(CN)nnc1CC1C2CC3CC(C2)CC1C3. The highest BCUT2D eigenvalue weighted by Gasteiger charge is 2.48. The van der Waals surface area contributed by atoms with Gasteiger partial charge in [-0.05, 0) is 61.7 Å². The molecular weight excluding hydrogens is 236 g/mol. The number of nitrogens with zero attached hydrogens (tertiary/aromatic N) is 3. The summed E-state index contributed by atoms with van der Waals surface area (Å²) in [6.07, 6.45) is 8.59. The molecule has 0 radical (unpaired) electrons. The van der Waals surface area contributed by atoms with Crippen LogP contribution in [-0.4, -0.2) is 14.8 Å². The Morgan fingerprint density at radius 3 is 2.11 bits per heavy atom. The van der Waals surface area contributed by atoms with Crippen LogP contribution in [0.25, 0.3) is 0 Å². The molecule has 2 N–H and O–H groups in total. The molecule has 19 heavy (non-hydrogen) atoms. The molecule has 1 aromatic rings. The smallest absolute Gasteiger partial charge is 0.146 e. The average molecular weight is 260 g/mol. The summed E-state index contributed by atoms with van der Waals surface area (Å²) in [5.74, 6) is 6.97. The van der Waals surface area contributed by atoms with Gasteiger partial charge in [0.15, 0.2) is 0 Å². The molecule has 0 atom stereocenters. The zero-order valence-electron chi connectivity index (χ0n) is 11.8. The van der Waals surface area contributed by atoms with E-state index in [9.17, 15) is 0 Å². The standard InChI is InChI=1S/C15H24N4/c1-19-14(17-18-15(19)8-16)7-13-11-3-9-2-10(5-11)6-12(13)4-9/h9-13H,2-8,16H2,1H3. The molecule has 4 fully saturated rings. The summed E-state index contributed by atoms with van der Waals surface area (Å²) in [4.78, 5) is 0. The van der Waals surface area contributed by atoms with E-state index in [1.54, 1.807) is 0 Å². The van der Waals surface area contributed by atoms with Crippen LogP contribution in [0, 0.1) is 29.6 Å². The molecule has 1 aromatic heterocycles. The highest BCUT2D eigenvalue weighted by molar-refractivity contribution is 5.03. The van der Waals surface area contributed by atoms with Crippen molar-refractivity contribution >= 4 is 0 Å². The van der Waals surface area contributed by atoms with Gasteiger partial charge in [-0.2, -0.15) is 0 Å². The number of rotatable bonds is 3. The highest BCUT2D eigenvalue weighted by atomic mass is 15.3. The molecule has 104 valence electrons. The summed E-state index contributed by atoms with van der Waals surface area (Å²) in [5, 5.41) is 8.58.